The van der Waals surface area contributed by atoms with Crippen molar-refractivity contribution in [2.24, 2.45) is 0 Å². The van der Waals surface area contributed by atoms with Crippen LogP contribution in [0.25, 0.3) is 0 Å². The van der Waals surface area contributed by atoms with E-state index >= 15 is 0 Å². The molecule has 5 nitrogen and oxygen atoms in total. The highest BCUT2D eigenvalue weighted by atomic mass is 32.2. The van der Waals surface area contributed by atoms with Crippen molar-refractivity contribution in [3.8, 4) is 6.07 Å². The van der Waals surface area contributed by atoms with Crippen LogP contribution in [0.3, 0.4) is 0 Å². The summed E-state index contributed by atoms with van der Waals surface area (Å²) in [6.07, 6.45) is 0. The highest BCUT2D eigenvalue weighted by Crippen LogP contribution is 2.28. The third-order valence-electron chi connectivity index (χ3n) is 3.57. The number of amides is 1. The molecule has 1 heterocycles. The van der Waals surface area contributed by atoms with Gasteiger partial charge in [0.05, 0.1) is 10.9 Å². The molecule has 0 radical (unpaired) electrons. The van der Waals surface area contributed by atoms with E-state index in [1.165, 1.54) is 11.8 Å². The first-order valence-electron chi connectivity index (χ1n) is 7.76. The smallest absolute Gasteiger partial charge is 0.240 e. The first kappa shape index (κ1) is 18.0. The lowest BCUT2D eigenvalue weighted by atomic mass is 10.2. The average molecular weight is 340 g/mol. The molecule has 0 aliphatic carbocycles. The SMILES string of the molecule is CCN(C(=O)C(C)Sc1nc(C)nc(C)c1C#N)c1ccccc1. The maximum atomic E-state index is 12.8. The largest absolute Gasteiger partial charge is 0.312 e. The van der Waals surface area contributed by atoms with Crippen LogP contribution in [0.15, 0.2) is 35.4 Å². The van der Waals surface area contributed by atoms with Gasteiger partial charge in [-0.25, -0.2) is 9.97 Å². The van der Waals surface area contributed by atoms with Gasteiger partial charge >= 0.3 is 0 Å². The number of carbonyl (C=O) groups is 1. The number of anilines is 1. The average Bonchev–Trinajstić information content (AvgIpc) is 2.56. The summed E-state index contributed by atoms with van der Waals surface area (Å²) in [5.41, 5.74) is 1.95. The molecular weight excluding hydrogens is 320 g/mol. The number of hydrogen-bond acceptors (Lipinski definition) is 5. The van der Waals surface area contributed by atoms with Crippen molar-refractivity contribution in [3.05, 3.63) is 47.4 Å². The number of para-hydroxylation sites is 1. The molecule has 0 bridgehead atoms. The molecule has 1 aromatic carbocycles. The minimum atomic E-state index is -0.356. The molecule has 0 aliphatic heterocycles. The minimum absolute atomic E-state index is 0.00786. The summed E-state index contributed by atoms with van der Waals surface area (Å²) in [4.78, 5) is 23.1. The number of thioether (sulfide) groups is 1. The quantitative estimate of drug-likeness (QED) is 0.615. The normalized spacial score (nSPS) is 11.6. The van der Waals surface area contributed by atoms with E-state index in [0.29, 0.717) is 28.7 Å². The molecule has 124 valence electrons. The van der Waals surface area contributed by atoms with Gasteiger partial charge in [0.2, 0.25) is 5.91 Å². The highest BCUT2D eigenvalue weighted by Gasteiger charge is 2.24. The second-order valence-electron chi connectivity index (χ2n) is 5.33. The fraction of sp³-hybridized carbons (Fsp3) is 0.333. The van der Waals surface area contributed by atoms with Gasteiger partial charge in [-0.1, -0.05) is 30.0 Å². The fourth-order valence-corrected chi connectivity index (χ4v) is 3.47. The molecule has 1 atom stereocenters. The molecule has 0 N–H and O–H groups in total. The number of nitriles is 1. The molecule has 0 saturated heterocycles. The first-order chi connectivity index (χ1) is 11.5. The molecule has 1 aromatic heterocycles. The van der Waals surface area contributed by atoms with Gasteiger partial charge in [0.25, 0.3) is 0 Å². The van der Waals surface area contributed by atoms with Gasteiger partial charge in [-0.15, -0.1) is 0 Å². The standard InChI is InChI=1S/C18H20N4OS/c1-5-22(15-9-7-6-8-10-15)18(23)13(3)24-17-16(11-19)12(2)20-14(4)21-17/h6-10,13H,5H2,1-4H3. The van der Waals surface area contributed by atoms with Crippen LogP contribution in [0.1, 0.15) is 30.9 Å². The van der Waals surface area contributed by atoms with Gasteiger partial charge in [-0.3, -0.25) is 4.79 Å². The van der Waals surface area contributed by atoms with Gasteiger partial charge in [-0.05, 0) is 39.8 Å². The number of aryl methyl sites for hydroxylation is 2. The van der Waals surface area contributed by atoms with E-state index in [0.717, 1.165) is 5.69 Å². The molecule has 6 heteroatoms. The van der Waals surface area contributed by atoms with Crippen molar-refractivity contribution in [3.63, 3.8) is 0 Å². The Morgan fingerprint density at radius 3 is 2.54 bits per heavy atom. The zero-order chi connectivity index (χ0) is 17.7. The molecule has 0 spiro atoms. The zero-order valence-corrected chi connectivity index (χ0v) is 15.1. The van der Waals surface area contributed by atoms with Crippen LogP contribution in [-0.2, 0) is 4.79 Å². The van der Waals surface area contributed by atoms with Crippen molar-refractivity contribution < 1.29 is 4.79 Å². The maximum absolute atomic E-state index is 12.8. The zero-order valence-electron chi connectivity index (χ0n) is 14.3. The number of hydrogen-bond donors (Lipinski definition) is 0. The van der Waals surface area contributed by atoms with Crippen LogP contribution in [-0.4, -0.2) is 27.7 Å². The molecule has 2 rings (SSSR count). The van der Waals surface area contributed by atoms with Crippen LogP contribution in [0.5, 0.6) is 0 Å². The van der Waals surface area contributed by atoms with Crippen molar-refractivity contribution in [1.82, 2.24) is 9.97 Å². The predicted molar refractivity (Wildman–Crippen MR) is 96.0 cm³/mol. The number of aromatic nitrogens is 2. The van der Waals surface area contributed by atoms with Gasteiger partial charge in [0.1, 0.15) is 22.5 Å². The summed E-state index contributed by atoms with van der Waals surface area (Å²) in [6.45, 7) is 7.94. The lowest BCUT2D eigenvalue weighted by Crippen LogP contribution is -2.36. The second kappa shape index (κ2) is 7.93. The van der Waals surface area contributed by atoms with Gasteiger partial charge in [0, 0.05) is 12.2 Å². The Labute approximate surface area is 146 Å². The Morgan fingerprint density at radius 1 is 1.29 bits per heavy atom. The summed E-state index contributed by atoms with van der Waals surface area (Å²) >= 11 is 1.30. The molecule has 2 aromatic rings. The van der Waals surface area contributed by atoms with E-state index in [9.17, 15) is 10.1 Å². The summed E-state index contributed by atoms with van der Waals surface area (Å²) in [5, 5.41) is 9.54. The van der Waals surface area contributed by atoms with Crippen LogP contribution >= 0.6 is 11.8 Å². The van der Waals surface area contributed by atoms with Gasteiger partial charge < -0.3 is 4.90 Å². The number of benzene rings is 1. The van der Waals surface area contributed by atoms with Crippen LogP contribution in [0.4, 0.5) is 5.69 Å². The molecule has 1 unspecified atom stereocenters. The van der Waals surface area contributed by atoms with Gasteiger partial charge in [-0.2, -0.15) is 5.26 Å². The minimum Gasteiger partial charge on any atom is -0.312 e. The third kappa shape index (κ3) is 3.92. The Kier molecular flexibility index (Phi) is 5.93. The topological polar surface area (TPSA) is 69.9 Å². The van der Waals surface area contributed by atoms with Crippen LogP contribution in [0.2, 0.25) is 0 Å². The first-order valence-corrected chi connectivity index (χ1v) is 8.64. The predicted octanol–water partition coefficient (Wildman–Crippen LogP) is 3.50. The maximum Gasteiger partial charge on any atom is 0.240 e. The van der Waals surface area contributed by atoms with E-state index < -0.39 is 0 Å². The Hall–Kier alpha value is -2.39. The van der Waals surface area contributed by atoms with Crippen LogP contribution in [0, 0.1) is 25.2 Å². The number of carbonyl (C=O) groups excluding carboxylic acids is 1. The molecule has 1 amide bonds. The molecular formula is C18H20N4OS. The number of nitrogens with zero attached hydrogens (tertiary/aromatic N) is 4. The molecule has 24 heavy (non-hydrogen) atoms. The summed E-state index contributed by atoms with van der Waals surface area (Å²) in [7, 11) is 0. The van der Waals surface area contributed by atoms with E-state index in [-0.39, 0.29) is 11.2 Å². The number of rotatable bonds is 5. The summed E-state index contributed by atoms with van der Waals surface area (Å²) in [5.74, 6) is 0.593. The van der Waals surface area contributed by atoms with E-state index in [1.54, 1.807) is 18.7 Å². The van der Waals surface area contributed by atoms with E-state index in [1.807, 2.05) is 44.2 Å². The lowest BCUT2D eigenvalue weighted by molar-refractivity contribution is -0.117. The Bertz CT molecular complexity index is 771. The third-order valence-corrected chi connectivity index (χ3v) is 4.64. The van der Waals surface area contributed by atoms with Crippen molar-refractivity contribution in [1.29, 1.82) is 5.26 Å². The lowest BCUT2D eigenvalue weighted by Gasteiger charge is -2.24. The second-order valence-corrected chi connectivity index (χ2v) is 6.66. The summed E-state index contributed by atoms with van der Waals surface area (Å²) in [6, 6.07) is 11.7. The fourth-order valence-electron chi connectivity index (χ4n) is 2.41. The monoisotopic (exact) mass is 340 g/mol. The van der Waals surface area contributed by atoms with E-state index in [4.69, 9.17) is 0 Å². The van der Waals surface area contributed by atoms with E-state index in [2.05, 4.69) is 16.0 Å². The molecule has 0 fully saturated rings. The highest BCUT2D eigenvalue weighted by molar-refractivity contribution is 8.00. The van der Waals surface area contributed by atoms with Crippen LogP contribution < -0.4 is 4.90 Å². The Morgan fingerprint density at radius 2 is 1.96 bits per heavy atom. The van der Waals surface area contributed by atoms with Crippen molar-refractivity contribution in [2.45, 2.75) is 38.0 Å². The van der Waals surface area contributed by atoms with Crippen molar-refractivity contribution in [2.75, 3.05) is 11.4 Å². The molecule has 0 aliphatic rings. The Balaban J connectivity index is 2.25. The molecule has 0 saturated carbocycles. The van der Waals surface area contributed by atoms with Gasteiger partial charge in [0.15, 0.2) is 0 Å². The van der Waals surface area contributed by atoms with Crippen molar-refractivity contribution >= 4 is 23.4 Å². The summed E-state index contributed by atoms with van der Waals surface area (Å²) < 4.78 is 0.